The fourth-order valence-electron chi connectivity index (χ4n) is 3.76. The second-order valence-electron chi connectivity index (χ2n) is 8.11. The Kier molecular flexibility index (Phi) is 8.78. The molecule has 0 amide bonds. The lowest BCUT2D eigenvalue weighted by Gasteiger charge is -2.15. The molecule has 2 heteroatoms. The first kappa shape index (κ1) is 22.7. The van der Waals surface area contributed by atoms with Gasteiger partial charge in [-0.25, -0.2) is 0 Å². The number of carbonyl (C=O) groups is 1. The van der Waals surface area contributed by atoms with Crippen LogP contribution < -0.4 is 0 Å². The van der Waals surface area contributed by atoms with Crippen LogP contribution in [-0.2, 0) is 11.2 Å². The molecule has 0 unspecified atom stereocenters. The van der Waals surface area contributed by atoms with Gasteiger partial charge in [0.1, 0.15) is 0 Å². The Hall–Kier alpha value is -3.00. The van der Waals surface area contributed by atoms with E-state index in [2.05, 4.69) is 50.2 Å². The van der Waals surface area contributed by atoms with E-state index in [4.69, 9.17) is 4.99 Å². The highest BCUT2D eigenvalue weighted by atomic mass is 16.1. The van der Waals surface area contributed by atoms with Crippen molar-refractivity contribution in [1.82, 2.24) is 0 Å². The summed E-state index contributed by atoms with van der Waals surface area (Å²) in [5.74, 6) is 0.232. The Morgan fingerprint density at radius 1 is 0.806 bits per heavy atom. The van der Waals surface area contributed by atoms with Gasteiger partial charge in [0.15, 0.2) is 5.78 Å². The average Bonchev–Trinajstić information content (AvgIpc) is 2.82. The van der Waals surface area contributed by atoms with Gasteiger partial charge in [-0.3, -0.25) is 9.79 Å². The molecule has 0 saturated heterocycles. The Morgan fingerprint density at radius 3 is 1.90 bits per heavy atom. The molecule has 0 fully saturated rings. The third-order valence-corrected chi connectivity index (χ3v) is 5.56. The highest BCUT2D eigenvalue weighted by Crippen LogP contribution is 2.26. The standard InChI is InChI=1S/C29H33NO/c1-3-5-15-26-19-24(20-27(29(26)31)16-6-4-2)22-30-28(25-17-11-8-12-18-25)21-23-13-9-7-10-14-23/h7-14,17-20,22H,3-6,15-16,21H2,1-2H3. The largest absolute Gasteiger partial charge is 0.289 e. The van der Waals surface area contributed by atoms with Crippen molar-refractivity contribution in [3.8, 4) is 0 Å². The third-order valence-electron chi connectivity index (χ3n) is 5.56. The molecule has 0 N–H and O–H groups in total. The Balaban J connectivity index is 1.95. The molecule has 0 bridgehead atoms. The number of Topliss-reactive ketones (excluding diaryl/α,β-unsaturated/α-hetero) is 1. The number of unbranched alkanes of at least 4 members (excludes halogenated alkanes) is 2. The number of hydrogen-bond acceptors (Lipinski definition) is 2. The normalized spacial score (nSPS) is 14.3. The van der Waals surface area contributed by atoms with E-state index < -0.39 is 0 Å². The summed E-state index contributed by atoms with van der Waals surface area (Å²) < 4.78 is 0. The summed E-state index contributed by atoms with van der Waals surface area (Å²) in [6.45, 7) is 4.33. The fourth-order valence-corrected chi connectivity index (χ4v) is 3.76. The summed E-state index contributed by atoms with van der Waals surface area (Å²) in [4.78, 5) is 17.8. The molecule has 3 rings (SSSR count). The first-order valence-electron chi connectivity index (χ1n) is 11.5. The predicted octanol–water partition coefficient (Wildman–Crippen LogP) is 7.42. The van der Waals surface area contributed by atoms with E-state index in [0.717, 1.165) is 72.9 Å². The predicted molar refractivity (Wildman–Crippen MR) is 131 cm³/mol. The molecule has 0 spiro atoms. The second-order valence-corrected chi connectivity index (χ2v) is 8.11. The van der Waals surface area contributed by atoms with E-state index in [9.17, 15) is 4.79 Å². The second kappa shape index (κ2) is 12.0. The zero-order valence-electron chi connectivity index (χ0n) is 18.8. The van der Waals surface area contributed by atoms with Crippen LogP contribution in [0.15, 0.2) is 101 Å². The van der Waals surface area contributed by atoms with Gasteiger partial charge in [-0.2, -0.15) is 0 Å². The van der Waals surface area contributed by atoms with Crippen molar-refractivity contribution in [2.45, 2.75) is 58.8 Å². The van der Waals surface area contributed by atoms with E-state index in [-0.39, 0.29) is 5.78 Å². The van der Waals surface area contributed by atoms with E-state index in [1.54, 1.807) is 0 Å². The van der Waals surface area contributed by atoms with Crippen LogP contribution in [0.5, 0.6) is 0 Å². The Labute approximate surface area is 187 Å². The van der Waals surface area contributed by atoms with Crippen LogP contribution >= 0.6 is 0 Å². The van der Waals surface area contributed by atoms with Crippen molar-refractivity contribution >= 4 is 11.5 Å². The summed E-state index contributed by atoms with van der Waals surface area (Å²) in [5, 5.41) is 0. The summed E-state index contributed by atoms with van der Waals surface area (Å²) in [6, 6.07) is 20.8. The van der Waals surface area contributed by atoms with Gasteiger partial charge in [0.2, 0.25) is 0 Å². The molecule has 0 aliphatic heterocycles. The fraction of sp³-hybridized carbons (Fsp3) is 0.310. The number of ketones is 1. The Bertz CT molecular complexity index is 948. The summed E-state index contributed by atoms with van der Waals surface area (Å²) in [5.41, 5.74) is 6.28. The van der Waals surface area contributed by atoms with Crippen molar-refractivity contribution < 1.29 is 4.79 Å². The van der Waals surface area contributed by atoms with Crippen molar-refractivity contribution in [3.63, 3.8) is 0 Å². The van der Waals surface area contributed by atoms with Crippen LogP contribution in [0.2, 0.25) is 0 Å². The molecule has 0 saturated carbocycles. The van der Waals surface area contributed by atoms with Crippen LogP contribution in [0.1, 0.15) is 63.5 Å². The van der Waals surface area contributed by atoms with Gasteiger partial charge in [0.25, 0.3) is 0 Å². The van der Waals surface area contributed by atoms with Crippen molar-refractivity contribution in [1.29, 1.82) is 0 Å². The summed E-state index contributed by atoms with van der Waals surface area (Å²) >= 11 is 0. The molecule has 0 radical (unpaired) electrons. The van der Waals surface area contributed by atoms with E-state index in [0.29, 0.717) is 0 Å². The molecule has 2 aromatic carbocycles. The van der Waals surface area contributed by atoms with Crippen LogP contribution in [-0.4, -0.2) is 11.5 Å². The maximum Gasteiger partial charge on any atom is 0.185 e. The zero-order valence-corrected chi connectivity index (χ0v) is 18.8. The number of carbonyl (C=O) groups excluding carboxylic acids is 1. The van der Waals surface area contributed by atoms with E-state index in [1.807, 2.05) is 42.6 Å². The van der Waals surface area contributed by atoms with E-state index >= 15 is 0 Å². The third kappa shape index (κ3) is 6.75. The average molecular weight is 412 g/mol. The van der Waals surface area contributed by atoms with Crippen LogP contribution in [0.25, 0.3) is 0 Å². The molecule has 31 heavy (non-hydrogen) atoms. The molecule has 160 valence electrons. The number of hydrogen-bond donors (Lipinski definition) is 0. The SMILES string of the molecule is CCCCC1=CC(=CN=C(Cc2ccccc2)c2ccccc2)C=C(CCCC)C1=O. The highest BCUT2D eigenvalue weighted by molar-refractivity contribution is 6.10. The van der Waals surface area contributed by atoms with Gasteiger partial charge >= 0.3 is 0 Å². The molecular formula is C29H33NO. The van der Waals surface area contributed by atoms with Crippen molar-refractivity contribution in [2.75, 3.05) is 0 Å². The summed E-state index contributed by atoms with van der Waals surface area (Å²) in [6.07, 6.45) is 12.7. The topological polar surface area (TPSA) is 29.4 Å². The lowest BCUT2D eigenvalue weighted by Crippen LogP contribution is -2.11. The van der Waals surface area contributed by atoms with Gasteiger partial charge < -0.3 is 0 Å². The number of rotatable bonds is 10. The van der Waals surface area contributed by atoms with Crippen molar-refractivity contribution in [2.24, 2.45) is 4.99 Å². The van der Waals surface area contributed by atoms with Gasteiger partial charge in [-0.15, -0.1) is 0 Å². The van der Waals surface area contributed by atoms with Crippen LogP contribution in [0.4, 0.5) is 0 Å². The number of aliphatic imine (C=N–C) groups is 1. The van der Waals surface area contributed by atoms with E-state index in [1.165, 1.54) is 5.56 Å². The lowest BCUT2D eigenvalue weighted by atomic mass is 9.88. The molecule has 0 atom stereocenters. The smallest absolute Gasteiger partial charge is 0.185 e. The number of nitrogens with zero attached hydrogens (tertiary/aromatic N) is 1. The lowest BCUT2D eigenvalue weighted by molar-refractivity contribution is -0.112. The minimum Gasteiger partial charge on any atom is -0.289 e. The minimum atomic E-state index is 0.232. The quantitative estimate of drug-likeness (QED) is 0.374. The molecule has 2 nitrogen and oxygen atoms in total. The van der Waals surface area contributed by atoms with Gasteiger partial charge in [-0.05, 0) is 54.5 Å². The monoisotopic (exact) mass is 411 g/mol. The highest BCUT2D eigenvalue weighted by Gasteiger charge is 2.19. The minimum absolute atomic E-state index is 0.232. The number of allylic oxidation sites excluding steroid dienone is 5. The first-order valence-corrected chi connectivity index (χ1v) is 11.5. The first-order chi connectivity index (χ1) is 15.2. The maximum atomic E-state index is 12.9. The van der Waals surface area contributed by atoms with Crippen molar-refractivity contribution in [3.05, 3.63) is 107 Å². The number of benzene rings is 2. The van der Waals surface area contributed by atoms with Crippen LogP contribution in [0, 0.1) is 0 Å². The molecule has 0 heterocycles. The van der Waals surface area contributed by atoms with Gasteiger partial charge in [0, 0.05) is 23.8 Å². The Morgan fingerprint density at radius 2 is 1.35 bits per heavy atom. The van der Waals surface area contributed by atoms with Gasteiger partial charge in [0.05, 0.1) is 5.71 Å². The summed E-state index contributed by atoms with van der Waals surface area (Å²) in [7, 11) is 0. The zero-order chi connectivity index (χ0) is 21.9. The maximum absolute atomic E-state index is 12.9. The van der Waals surface area contributed by atoms with Gasteiger partial charge in [-0.1, -0.05) is 87.4 Å². The molecule has 1 aliphatic carbocycles. The van der Waals surface area contributed by atoms with Crippen LogP contribution in [0.3, 0.4) is 0 Å². The molecule has 0 aromatic heterocycles. The molecular weight excluding hydrogens is 378 g/mol. The molecule has 1 aliphatic rings. The molecule has 2 aromatic rings.